The molecule has 2 N–H and O–H groups in total. The summed E-state index contributed by atoms with van der Waals surface area (Å²) in [5.74, 6) is -1.36. The molecule has 2 aromatic rings. The van der Waals surface area contributed by atoms with E-state index in [1.807, 2.05) is 6.19 Å². The zero-order chi connectivity index (χ0) is 29.4. The quantitative estimate of drug-likeness (QED) is 0.378. The fourth-order valence-electron chi connectivity index (χ4n) is 5.06. The smallest absolute Gasteiger partial charge is 0.310 e. The molecule has 1 aromatic carbocycles. The number of rotatable bonds is 7. The van der Waals surface area contributed by atoms with Crippen LogP contribution >= 0.6 is 10.2 Å². The van der Waals surface area contributed by atoms with Crippen molar-refractivity contribution in [3.63, 3.8) is 0 Å². The number of carbonyl (C=O) groups is 2. The molecule has 0 spiro atoms. The van der Waals surface area contributed by atoms with Crippen LogP contribution in [0.5, 0.6) is 0 Å². The zero-order valence-electron chi connectivity index (χ0n) is 21.5. The lowest BCUT2D eigenvalue weighted by Crippen LogP contribution is -2.53. The van der Waals surface area contributed by atoms with Gasteiger partial charge in [0, 0.05) is 56.3 Å². The van der Waals surface area contributed by atoms with Gasteiger partial charge >= 0.3 is 10.2 Å². The van der Waals surface area contributed by atoms with Gasteiger partial charge in [0.25, 0.3) is 11.8 Å². The number of ether oxygens (including phenoxy) is 1. The summed E-state index contributed by atoms with van der Waals surface area (Å²) in [5, 5.41) is 9.68. The number of methoxy groups -OCH3 is 1. The van der Waals surface area contributed by atoms with E-state index in [0.29, 0.717) is 19.4 Å². The molecular formula is C25H29F5N6O3S. The summed E-state index contributed by atoms with van der Waals surface area (Å²) in [6, 6.07) is 2.00. The van der Waals surface area contributed by atoms with Gasteiger partial charge in [-0.15, -0.1) is 0 Å². The monoisotopic (exact) mass is 588 g/mol. The number of benzene rings is 1. The van der Waals surface area contributed by atoms with E-state index in [2.05, 4.69) is 4.98 Å². The van der Waals surface area contributed by atoms with E-state index in [-0.39, 0.29) is 48.9 Å². The molecule has 2 amide bonds. The molecule has 2 aliphatic rings. The Kier molecular flexibility index (Phi) is 7.50. The molecule has 4 rings (SSSR count). The van der Waals surface area contributed by atoms with Crippen LogP contribution in [0.3, 0.4) is 0 Å². The molecule has 0 aliphatic carbocycles. The number of piperidine rings is 1. The Morgan fingerprint density at radius 3 is 2.42 bits per heavy atom. The number of pyridine rings is 1. The van der Waals surface area contributed by atoms with Crippen molar-refractivity contribution in [2.75, 3.05) is 31.6 Å². The van der Waals surface area contributed by atoms with E-state index in [1.165, 1.54) is 36.5 Å². The molecule has 15 heteroatoms. The van der Waals surface area contributed by atoms with Crippen molar-refractivity contribution in [1.82, 2.24) is 14.8 Å². The van der Waals surface area contributed by atoms with Gasteiger partial charge in [0.05, 0.1) is 12.6 Å². The highest BCUT2D eigenvalue weighted by Crippen LogP contribution is 3.02. The number of hydrogen-bond acceptors (Lipinski definition) is 7. The van der Waals surface area contributed by atoms with Crippen molar-refractivity contribution in [3.8, 4) is 6.19 Å². The van der Waals surface area contributed by atoms with Gasteiger partial charge in [0.1, 0.15) is 17.0 Å². The fraction of sp³-hybridized carbons (Fsp3) is 0.440. The molecule has 40 heavy (non-hydrogen) atoms. The Hall–Kier alpha value is -3.48. The molecule has 0 saturated carbocycles. The first-order chi connectivity index (χ1) is 18.6. The van der Waals surface area contributed by atoms with E-state index >= 15 is 0 Å². The van der Waals surface area contributed by atoms with E-state index in [4.69, 9.17) is 10.5 Å². The van der Waals surface area contributed by atoms with Gasteiger partial charge in [0.15, 0.2) is 6.19 Å². The first-order valence-electron chi connectivity index (χ1n) is 12.4. The van der Waals surface area contributed by atoms with Gasteiger partial charge < -0.3 is 15.4 Å². The molecule has 4 atom stereocenters. The maximum Gasteiger partial charge on any atom is 0.310 e. The van der Waals surface area contributed by atoms with E-state index < -0.39 is 45.1 Å². The average Bonchev–Trinajstić information content (AvgIpc) is 3.34. The van der Waals surface area contributed by atoms with Crippen molar-refractivity contribution in [3.05, 3.63) is 54.4 Å². The summed E-state index contributed by atoms with van der Waals surface area (Å²) in [6.45, 7) is 0.584. The molecule has 1 aromatic heterocycles. The number of nitrogens with two attached hydrogens (primary N) is 1. The van der Waals surface area contributed by atoms with Crippen LogP contribution in [0.2, 0.25) is 0 Å². The average molecular weight is 589 g/mol. The number of amides is 2. The lowest BCUT2D eigenvalue weighted by atomic mass is 9.99. The lowest BCUT2D eigenvalue weighted by molar-refractivity contribution is -0.136. The van der Waals surface area contributed by atoms with E-state index in [0.717, 1.165) is 21.9 Å². The van der Waals surface area contributed by atoms with Gasteiger partial charge in [-0.1, -0.05) is 25.5 Å². The minimum Gasteiger partial charge on any atom is -0.379 e. The second kappa shape index (κ2) is 10.2. The highest BCUT2D eigenvalue weighted by atomic mass is 32.5. The van der Waals surface area contributed by atoms with Gasteiger partial charge in [0.2, 0.25) is 0 Å². The lowest BCUT2D eigenvalue weighted by Gasteiger charge is -2.41. The molecule has 1 unspecified atom stereocenters. The maximum absolute atomic E-state index is 14.1. The number of likely N-dealkylation sites (tertiary alicyclic amines) is 2. The summed E-state index contributed by atoms with van der Waals surface area (Å²) in [6.07, 6.45) is 5.53. The zero-order valence-corrected chi connectivity index (χ0v) is 22.3. The van der Waals surface area contributed by atoms with Gasteiger partial charge in [-0.2, -0.15) is 5.26 Å². The SMILES string of the molecule is CO[C@@H]1C[C@H](C(=O)N(c2ccc(S(F)(F)(F)(F)F)cc2)C(C(=O)N2CCC[C@H](N)C2)c2cccnc2)N(C#N)C1. The van der Waals surface area contributed by atoms with Crippen molar-refractivity contribution in [2.24, 2.45) is 5.73 Å². The predicted octanol–water partition coefficient (Wildman–Crippen LogP) is 4.33. The normalized spacial score (nSPS) is 24.0. The number of halogens is 5. The van der Waals surface area contributed by atoms with Crippen LogP contribution in [0.15, 0.2) is 53.7 Å². The Labute approximate surface area is 228 Å². The van der Waals surface area contributed by atoms with Crippen LogP contribution in [-0.4, -0.2) is 71.5 Å². The molecule has 9 nitrogen and oxygen atoms in total. The number of nitrogens with zero attached hydrogens (tertiary/aromatic N) is 5. The number of nitriles is 1. The second-order valence-electron chi connectivity index (χ2n) is 9.91. The molecular weight excluding hydrogens is 559 g/mol. The highest BCUT2D eigenvalue weighted by Gasteiger charge is 2.65. The topological polar surface area (TPSA) is 116 Å². The summed E-state index contributed by atoms with van der Waals surface area (Å²) < 4.78 is 72.7. The third-order valence-electron chi connectivity index (χ3n) is 7.07. The van der Waals surface area contributed by atoms with Crippen LogP contribution < -0.4 is 10.6 Å². The Morgan fingerprint density at radius 1 is 1.18 bits per heavy atom. The van der Waals surface area contributed by atoms with Crippen LogP contribution in [0.4, 0.5) is 25.1 Å². The molecule has 2 aliphatic heterocycles. The second-order valence-corrected chi connectivity index (χ2v) is 12.3. The predicted molar refractivity (Wildman–Crippen MR) is 138 cm³/mol. The van der Waals surface area contributed by atoms with Crippen molar-refractivity contribution < 1.29 is 33.8 Å². The first-order valence-corrected chi connectivity index (χ1v) is 14.4. The molecule has 2 saturated heterocycles. The fourth-order valence-corrected chi connectivity index (χ4v) is 5.71. The Bertz CT molecular complexity index is 1290. The molecule has 3 heterocycles. The minimum atomic E-state index is -10.0. The van der Waals surface area contributed by atoms with Gasteiger partial charge in [-0.05, 0) is 43.2 Å². The van der Waals surface area contributed by atoms with Crippen LogP contribution in [-0.2, 0) is 14.3 Å². The highest BCUT2D eigenvalue weighted by molar-refractivity contribution is 8.45. The standard InChI is InChI=1S/C25H29F5N6O3S/c1-39-20-12-22(35(15-20)16-31)24(37)36(19-6-8-21(9-7-19)40(26,27,28,29)30)23(17-4-2-10-33-13-17)25(38)34-11-3-5-18(32)14-34/h2,4,6-10,13,18,20,22-23H,3,5,11-12,14-15,32H2,1H3/t18-,20+,22+,23?/m0/s1. The van der Waals surface area contributed by atoms with Crippen molar-refractivity contribution in [2.45, 2.75) is 48.4 Å². The Balaban J connectivity index is 1.86. The minimum absolute atomic E-state index is 0.0610. The largest absolute Gasteiger partial charge is 0.379 e. The number of carbonyl (C=O) groups excluding carboxylic acids is 2. The third kappa shape index (κ3) is 6.29. The first kappa shape index (κ1) is 29.5. The summed E-state index contributed by atoms with van der Waals surface area (Å²) in [5.41, 5.74) is 6.08. The van der Waals surface area contributed by atoms with E-state index in [1.54, 1.807) is 0 Å². The van der Waals surface area contributed by atoms with Crippen LogP contribution in [0.1, 0.15) is 30.9 Å². The molecule has 2 fully saturated rings. The number of aromatic nitrogens is 1. The van der Waals surface area contributed by atoms with Crippen molar-refractivity contribution in [1.29, 1.82) is 5.26 Å². The number of anilines is 1. The third-order valence-corrected chi connectivity index (χ3v) is 8.23. The summed E-state index contributed by atoms with van der Waals surface area (Å²) >= 11 is 0. The summed E-state index contributed by atoms with van der Waals surface area (Å²) in [4.78, 5) is 33.7. The number of hydrogen-bond donors (Lipinski definition) is 1. The summed E-state index contributed by atoms with van der Waals surface area (Å²) in [7, 11) is -8.61. The molecule has 218 valence electrons. The molecule has 0 radical (unpaired) electrons. The van der Waals surface area contributed by atoms with Crippen LogP contribution in [0.25, 0.3) is 0 Å². The van der Waals surface area contributed by atoms with E-state index in [9.17, 15) is 34.3 Å². The molecule has 0 bridgehead atoms. The Morgan fingerprint density at radius 2 is 1.88 bits per heavy atom. The van der Waals surface area contributed by atoms with Crippen LogP contribution in [0, 0.1) is 11.5 Å². The van der Waals surface area contributed by atoms with Crippen molar-refractivity contribution >= 4 is 27.7 Å². The van der Waals surface area contributed by atoms with Gasteiger partial charge in [-0.25, -0.2) is 0 Å². The maximum atomic E-state index is 14.1. The van der Waals surface area contributed by atoms with Gasteiger partial charge in [-0.3, -0.25) is 24.4 Å².